The van der Waals surface area contributed by atoms with Crippen LogP contribution in [0, 0.1) is 0 Å². The Hall–Kier alpha value is -1.85. The zero-order chi connectivity index (χ0) is 11.8. The van der Waals surface area contributed by atoms with E-state index in [-0.39, 0.29) is 11.8 Å². The van der Waals surface area contributed by atoms with E-state index in [1.165, 1.54) is 6.08 Å². The molecule has 0 aromatic rings. The Morgan fingerprint density at radius 2 is 2.00 bits per heavy atom. The molecule has 0 atom stereocenters. The average Bonchev–Trinajstić information content (AvgIpc) is 2.54. The standard InChI is InChI=1S/C10H13N3O3/c1-2-7(14)13-5-3-10(4-6-13)8(15)11-9(16)12-10/h2H,1,3-6H2,(H2,11,12,15,16). The normalized spacial score (nSPS) is 22.9. The van der Waals surface area contributed by atoms with Crippen molar-refractivity contribution in [3.8, 4) is 0 Å². The maximum Gasteiger partial charge on any atom is 0.322 e. The van der Waals surface area contributed by atoms with Crippen LogP contribution in [0.4, 0.5) is 4.79 Å². The van der Waals surface area contributed by atoms with E-state index in [4.69, 9.17) is 0 Å². The molecule has 1 spiro atoms. The molecule has 2 aliphatic heterocycles. The quantitative estimate of drug-likeness (QED) is 0.459. The van der Waals surface area contributed by atoms with E-state index in [9.17, 15) is 14.4 Å². The summed E-state index contributed by atoms with van der Waals surface area (Å²) in [4.78, 5) is 35.6. The van der Waals surface area contributed by atoms with Crippen LogP contribution >= 0.6 is 0 Å². The summed E-state index contributed by atoms with van der Waals surface area (Å²) in [6.07, 6.45) is 2.15. The predicted octanol–water partition coefficient (Wildman–Crippen LogP) is -0.627. The van der Waals surface area contributed by atoms with E-state index in [1.807, 2.05) is 0 Å². The van der Waals surface area contributed by atoms with Gasteiger partial charge in [-0.25, -0.2) is 4.79 Å². The fraction of sp³-hybridized carbons (Fsp3) is 0.500. The van der Waals surface area contributed by atoms with Gasteiger partial charge in [0.1, 0.15) is 5.54 Å². The number of carbonyl (C=O) groups is 3. The molecule has 2 rings (SSSR count). The summed E-state index contributed by atoms with van der Waals surface area (Å²) >= 11 is 0. The maximum atomic E-state index is 11.6. The average molecular weight is 223 g/mol. The van der Waals surface area contributed by atoms with Gasteiger partial charge in [0.2, 0.25) is 5.91 Å². The fourth-order valence-corrected chi connectivity index (χ4v) is 2.12. The van der Waals surface area contributed by atoms with Gasteiger partial charge in [0, 0.05) is 13.1 Å². The highest BCUT2D eigenvalue weighted by molar-refractivity contribution is 6.07. The second kappa shape index (κ2) is 3.62. The van der Waals surface area contributed by atoms with E-state index in [0.717, 1.165) is 0 Å². The topological polar surface area (TPSA) is 78.5 Å². The van der Waals surface area contributed by atoms with Crippen molar-refractivity contribution in [2.75, 3.05) is 13.1 Å². The second-order valence-electron chi connectivity index (χ2n) is 4.02. The maximum absolute atomic E-state index is 11.6. The van der Waals surface area contributed by atoms with Crippen molar-refractivity contribution < 1.29 is 14.4 Å². The van der Waals surface area contributed by atoms with E-state index < -0.39 is 11.6 Å². The molecule has 2 N–H and O–H groups in total. The van der Waals surface area contributed by atoms with Crippen molar-refractivity contribution >= 4 is 17.8 Å². The van der Waals surface area contributed by atoms with Crippen molar-refractivity contribution in [3.63, 3.8) is 0 Å². The lowest BCUT2D eigenvalue weighted by molar-refractivity contribution is -0.132. The Morgan fingerprint density at radius 1 is 1.38 bits per heavy atom. The van der Waals surface area contributed by atoms with Crippen LogP contribution < -0.4 is 10.6 Å². The van der Waals surface area contributed by atoms with Crippen molar-refractivity contribution in [1.29, 1.82) is 0 Å². The Bertz CT molecular complexity index is 370. The Kier molecular flexibility index (Phi) is 2.41. The highest BCUT2D eigenvalue weighted by Crippen LogP contribution is 2.25. The molecule has 4 amide bonds. The first-order valence-corrected chi connectivity index (χ1v) is 5.12. The van der Waals surface area contributed by atoms with Crippen LogP contribution in [0.5, 0.6) is 0 Å². The minimum absolute atomic E-state index is 0.139. The number of hydrogen-bond donors (Lipinski definition) is 2. The molecule has 0 radical (unpaired) electrons. The van der Waals surface area contributed by atoms with Gasteiger partial charge in [-0.1, -0.05) is 6.58 Å². The molecular weight excluding hydrogens is 210 g/mol. The minimum Gasteiger partial charge on any atom is -0.339 e. The van der Waals surface area contributed by atoms with Crippen molar-refractivity contribution in [2.24, 2.45) is 0 Å². The number of hydrogen-bond acceptors (Lipinski definition) is 3. The molecule has 2 heterocycles. The molecule has 6 nitrogen and oxygen atoms in total. The second-order valence-corrected chi connectivity index (χ2v) is 4.02. The lowest BCUT2D eigenvalue weighted by Crippen LogP contribution is -2.55. The van der Waals surface area contributed by atoms with Crippen molar-refractivity contribution in [2.45, 2.75) is 18.4 Å². The Labute approximate surface area is 92.7 Å². The molecule has 0 aromatic heterocycles. The highest BCUT2D eigenvalue weighted by atomic mass is 16.2. The van der Waals surface area contributed by atoms with Crippen LogP contribution in [0.1, 0.15) is 12.8 Å². The van der Waals surface area contributed by atoms with Gasteiger partial charge < -0.3 is 10.2 Å². The largest absolute Gasteiger partial charge is 0.339 e. The third-order valence-electron chi connectivity index (χ3n) is 3.12. The predicted molar refractivity (Wildman–Crippen MR) is 55.4 cm³/mol. The van der Waals surface area contributed by atoms with Crippen LogP contribution in [-0.4, -0.2) is 41.4 Å². The van der Waals surface area contributed by atoms with E-state index in [2.05, 4.69) is 17.2 Å². The van der Waals surface area contributed by atoms with Gasteiger partial charge in [-0.3, -0.25) is 14.9 Å². The highest BCUT2D eigenvalue weighted by Gasteiger charge is 2.48. The van der Waals surface area contributed by atoms with Crippen molar-refractivity contribution in [3.05, 3.63) is 12.7 Å². The smallest absolute Gasteiger partial charge is 0.322 e. The molecule has 0 saturated carbocycles. The molecule has 16 heavy (non-hydrogen) atoms. The molecule has 6 heteroatoms. The van der Waals surface area contributed by atoms with Crippen LogP contribution in [0.2, 0.25) is 0 Å². The number of imide groups is 1. The lowest BCUT2D eigenvalue weighted by atomic mass is 9.88. The molecule has 0 aromatic carbocycles. The molecule has 0 bridgehead atoms. The number of urea groups is 1. The summed E-state index contributed by atoms with van der Waals surface area (Å²) in [5, 5.41) is 4.86. The molecule has 0 aliphatic carbocycles. The van der Waals surface area contributed by atoms with Gasteiger partial charge in [-0.15, -0.1) is 0 Å². The zero-order valence-corrected chi connectivity index (χ0v) is 8.78. The van der Waals surface area contributed by atoms with E-state index >= 15 is 0 Å². The first-order chi connectivity index (χ1) is 7.57. The number of carbonyl (C=O) groups excluding carboxylic acids is 3. The number of rotatable bonds is 1. The monoisotopic (exact) mass is 223 g/mol. The van der Waals surface area contributed by atoms with Gasteiger partial charge >= 0.3 is 6.03 Å². The molecule has 0 unspecified atom stereocenters. The molecule has 2 saturated heterocycles. The molecular formula is C10H13N3O3. The van der Waals surface area contributed by atoms with Gasteiger partial charge in [-0.05, 0) is 18.9 Å². The first kappa shape index (κ1) is 10.7. The van der Waals surface area contributed by atoms with Crippen LogP contribution in [-0.2, 0) is 9.59 Å². The summed E-state index contributed by atoms with van der Waals surface area (Å²) < 4.78 is 0. The fourth-order valence-electron chi connectivity index (χ4n) is 2.12. The van der Waals surface area contributed by atoms with Gasteiger partial charge in [0.25, 0.3) is 5.91 Å². The van der Waals surface area contributed by atoms with Crippen LogP contribution in [0.3, 0.4) is 0 Å². The van der Waals surface area contributed by atoms with Crippen molar-refractivity contribution in [1.82, 2.24) is 15.5 Å². The third-order valence-corrected chi connectivity index (χ3v) is 3.12. The summed E-state index contributed by atoms with van der Waals surface area (Å²) in [5.74, 6) is -0.428. The third kappa shape index (κ3) is 1.56. The molecule has 86 valence electrons. The molecule has 2 aliphatic rings. The zero-order valence-electron chi connectivity index (χ0n) is 8.78. The van der Waals surface area contributed by atoms with E-state index in [1.54, 1.807) is 4.90 Å². The van der Waals surface area contributed by atoms with Gasteiger partial charge in [0.05, 0.1) is 0 Å². The Balaban J connectivity index is 2.04. The van der Waals surface area contributed by atoms with Crippen LogP contribution in [0.25, 0.3) is 0 Å². The first-order valence-electron chi connectivity index (χ1n) is 5.12. The number of nitrogens with one attached hydrogen (secondary N) is 2. The minimum atomic E-state index is -0.810. The summed E-state index contributed by atoms with van der Waals surface area (Å²) in [6.45, 7) is 4.33. The SMILES string of the molecule is C=CC(=O)N1CCC2(CC1)NC(=O)NC2=O. The van der Waals surface area contributed by atoms with Gasteiger partial charge in [0.15, 0.2) is 0 Å². The Morgan fingerprint density at radius 3 is 2.44 bits per heavy atom. The number of amides is 4. The summed E-state index contributed by atoms with van der Waals surface area (Å²) in [6, 6.07) is -0.450. The van der Waals surface area contributed by atoms with Crippen LogP contribution in [0.15, 0.2) is 12.7 Å². The molecule has 2 fully saturated rings. The lowest BCUT2D eigenvalue weighted by Gasteiger charge is -2.36. The summed E-state index contributed by atoms with van der Waals surface area (Å²) in [7, 11) is 0. The summed E-state index contributed by atoms with van der Waals surface area (Å²) in [5.41, 5.74) is -0.810. The van der Waals surface area contributed by atoms with E-state index in [0.29, 0.717) is 25.9 Å². The van der Waals surface area contributed by atoms with Gasteiger partial charge in [-0.2, -0.15) is 0 Å². The number of likely N-dealkylation sites (tertiary alicyclic amines) is 1. The number of piperidine rings is 1. The number of nitrogens with zero attached hydrogens (tertiary/aromatic N) is 1.